The first-order valence-corrected chi connectivity index (χ1v) is 7.27. The molecule has 0 fully saturated rings. The summed E-state index contributed by atoms with van der Waals surface area (Å²) in [5, 5.41) is 0. The van der Waals surface area contributed by atoms with Crippen molar-refractivity contribution in [2.24, 2.45) is 0 Å². The van der Waals surface area contributed by atoms with Gasteiger partial charge in [-0.3, -0.25) is 14.5 Å². The lowest BCUT2D eigenvalue weighted by Crippen LogP contribution is -2.43. The Kier molecular flexibility index (Phi) is 3.93. The first-order valence-electron chi connectivity index (χ1n) is 7.27. The van der Waals surface area contributed by atoms with Crippen molar-refractivity contribution < 1.29 is 19.1 Å². The van der Waals surface area contributed by atoms with Crippen LogP contribution >= 0.6 is 0 Å². The van der Waals surface area contributed by atoms with E-state index in [0.29, 0.717) is 11.1 Å². The molecule has 0 aliphatic carbocycles. The van der Waals surface area contributed by atoms with E-state index in [2.05, 4.69) is 0 Å². The normalized spacial score (nSPS) is 14.6. The van der Waals surface area contributed by atoms with E-state index >= 15 is 0 Å². The summed E-state index contributed by atoms with van der Waals surface area (Å²) < 4.78 is 5.21. The number of nitrogens with zero attached hydrogens (tertiary/aromatic N) is 1. The van der Waals surface area contributed by atoms with E-state index in [1.54, 1.807) is 24.3 Å². The fourth-order valence-corrected chi connectivity index (χ4v) is 2.51. The highest BCUT2D eigenvalue weighted by Gasteiger charge is 2.41. The van der Waals surface area contributed by atoms with Crippen molar-refractivity contribution in [2.45, 2.75) is 19.6 Å². The van der Waals surface area contributed by atoms with Crippen molar-refractivity contribution in [2.75, 3.05) is 0 Å². The minimum atomic E-state index is -0.967. The van der Waals surface area contributed by atoms with Crippen molar-refractivity contribution in [3.05, 3.63) is 71.3 Å². The predicted octanol–water partition coefficient (Wildman–Crippen LogP) is 2.41. The number of rotatable bonds is 4. The molecule has 1 aliphatic rings. The number of carbonyl (C=O) groups excluding carboxylic acids is 3. The summed E-state index contributed by atoms with van der Waals surface area (Å²) in [5.74, 6) is -1.53. The van der Waals surface area contributed by atoms with Gasteiger partial charge in [0, 0.05) is 0 Å². The second-order valence-electron chi connectivity index (χ2n) is 5.30. The zero-order chi connectivity index (χ0) is 16.4. The minimum absolute atomic E-state index is 0.104. The largest absolute Gasteiger partial charge is 0.459 e. The maximum atomic E-state index is 12.3. The maximum Gasteiger partial charge on any atom is 0.329 e. The van der Waals surface area contributed by atoms with Crippen LogP contribution in [0.3, 0.4) is 0 Å². The van der Waals surface area contributed by atoms with E-state index in [1.807, 2.05) is 30.3 Å². The number of hydrogen-bond donors (Lipinski definition) is 0. The lowest BCUT2D eigenvalue weighted by molar-refractivity contribution is -0.149. The van der Waals surface area contributed by atoms with Gasteiger partial charge in [-0.2, -0.15) is 0 Å². The molecule has 2 amide bonds. The van der Waals surface area contributed by atoms with Crippen LogP contribution in [0.5, 0.6) is 0 Å². The molecule has 2 aromatic carbocycles. The highest BCUT2D eigenvalue weighted by Crippen LogP contribution is 2.24. The minimum Gasteiger partial charge on any atom is -0.459 e. The van der Waals surface area contributed by atoms with Crippen LogP contribution in [-0.4, -0.2) is 28.7 Å². The first-order chi connectivity index (χ1) is 11.1. The third-order valence-electron chi connectivity index (χ3n) is 3.78. The van der Waals surface area contributed by atoms with Gasteiger partial charge in [0.2, 0.25) is 0 Å². The SMILES string of the molecule is C[C@@H](C(=O)OCc1ccccc1)N1C(=O)c2ccccc2C1=O. The van der Waals surface area contributed by atoms with Gasteiger partial charge >= 0.3 is 5.97 Å². The van der Waals surface area contributed by atoms with E-state index in [4.69, 9.17) is 4.74 Å². The molecule has 3 rings (SSSR count). The molecule has 5 nitrogen and oxygen atoms in total. The van der Waals surface area contributed by atoms with Crippen LogP contribution in [0.1, 0.15) is 33.2 Å². The Bertz CT molecular complexity index is 735. The molecular weight excluding hydrogens is 294 g/mol. The average Bonchev–Trinajstić information content (AvgIpc) is 2.84. The van der Waals surface area contributed by atoms with Crippen molar-refractivity contribution in [3.63, 3.8) is 0 Å². The molecule has 0 saturated heterocycles. The van der Waals surface area contributed by atoms with Gasteiger partial charge in [-0.1, -0.05) is 42.5 Å². The van der Waals surface area contributed by atoms with E-state index < -0.39 is 23.8 Å². The third kappa shape index (κ3) is 2.73. The van der Waals surface area contributed by atoms with Gasteiger partial charge in [0.05, 0.1) is 11.1 Å². The first kappa shape index (κ1) is 15.0. The van der Waals surface area contributed by atoms with Gasteiger partial charge in [0.15, 0.2) is 0 Å². The molecule has 1 atom stereocenters. The second kappa shape index (κ2) is 6.04. The molecule has 0 radical (unpaired) electrons. The molecule has 116 valence electrons. The average molecular weight is 309 g/mol. The van der Waals surface area contributed by atoms with Crippen molar-refractivity contribution >= 4 is 17.8 Å². The molecule has 0 aromatic heterocycles. The topological polar surface area (TPSA) is 63.7 Å². The monoisotopic (exact) mass is 309 g/mol. The Morgan fingerprint density at radius 1 is 0.957 bits per heavy atom. The fraction of sp³-hybridized carbons (Fsp3) is 0.167. The number of esters is 1. The summed E-state index contributed by atoms with van der Waals surface area (Å²) >= 11 is 0. The van der Waals surface area contributed by atoms with Gasteiger partial charge in [-0.15, -0.1) is 0 Å². The summed E-state index contributed by atoms with van der Waals surface area (Å²) in [5.41, 5.74) is 1.48. The zero-order valence-corrected chi connectivity index (χ0v) is 12.6. The fourth-order valence-electron chi connectivity index (χ4n) is 2.51. The van der Waals surface area contributed by atoms with Crippen LogP contribution in [0, 0.1) is 0 Å². The molecule has 0 bridgehead atoms. The molecule has 5 heteroatoms. The predicted molar refractivity (Wildman–Crippen MR) is 82.6 cm³/mol. The van der Waals surface area contributed by atoms with Crippen LogP contribution in [0.25, 0.3) is 0 Å². The molecule has 1 heterocycles. The molecule has 0 saturated carbocycles. The number of benzene rings is 2. The lowest BCUT2D eigenvalue weighted by Gasteiger charge is -2.20. The molecule has 0 unspecified atom stereocenters. The van der Waals surface area contributed by atoms with Gasteiger partial charge < -0.3 is 4.74 Å². The van der Waals surface area contributed by atoms with Gasteiger partial charge in [0.1, 0.15) is 12.6 Å². The summed E-state index contributed by atoms with van der Waals surface area (Å²) in [6.45, 7) is 1.60. The summed E-state index contributed by atoms with van der Waals surface area (Å²) in [6.07, 6.45) is 0. The second-order valence-corrected chi connectivity index (χ2v) is 5.30. The zero-order valence-electron chi connectivity index (χ0n) is 12.6. The molecule has 0 spiro atoms. The van der Waals surface area contributed by atoms with Gasteiger partial charge in [0.25, 0.3) is 11.8 Å². The van der Waals surface area contributed by atoms with Crippen molar-refractivity contribution in [1.29, 1.82) is 0 Å². The van der Waals surface area contributed by atoms with E-state index in [0.717, 1.165) is 10.5 Å². The molecule has 0 N–H and O–H groups in total. The molecular formula is C18H15NO4. The smallest absolute Gasteiger partial charge is 0.329 e. The Morgan fingerprint density at radius 2 is 1.48 bits per heavy atom. The van der Waals surface area contributed by atoms with Crippen LogP contribution in [-0.2, 0) is 16.1 Å². The summed E-state index contributed by atoms with van der Waals surface area (Å²) in [6, 6.07) is 14.8. The lowest BCUT2D eigenvalue weighted by atomic mass is 10.1. The van der Waals surface area contributed by atoms with Crippen molar-refractivity contribution in [3.8, 4) is 0 Å². The van der Waals surface area contributed by atoms with Gasteiger partial charge in [-0.25, -0.2) is 4.79 Å². The van der Waals surface area contributed by atoms with Crippen molar-refractivity contribution in [1.82, 2.24) is 4.90 Å². The standard InChI is InChI=1S/C18H15NO4/c1-12(18(22)23-11-13-7-3-2-4-8-13)19-16(20)14-9-5-6-10-15(14)17(19)21/h2-10,12H,11H2,1H3/t12-/m0/s1. The Labute approximate surface area is 133 Å². The van der Waals surface area contributed by atoms with Crippen LogP contribution in [0.2, 0.25) is 0 Å². The number of amides is 2. The summed E-state index contributed by atoms with van der Waals surface area (Å²) in [7, 11) is 0. The highest BCUT2D eigenvalue weighted by molar-refractivity contribution is 6.22. The van der Waals surface area contributed by atoms with E-state index in [9.17, 15) is 14.4 Å². The third-order valence-corrected chi connectivity index (χ3v) is 3.78. The van der Waals surface area contributed by atoms with E-state index in [1.165, 1.54) is 6.92 Å². The van der Waals surface area contributed by atoms with Gasteiger partial charge in [-0.05, 0) is 24.6 Å². The Hall–Kier alpha value is -2.95. The molecule has 23 heavy (non-hydrogen) atoms. The van der Waals surface area contributed by atoms with Crippen LogP contribution in [0.4, 0.5) is 0 Å². The summed E-state index contributed by atoms with van der Waals surface area (Å²) in [4.78, 5) is 37.8. The molecule has 2 aromatic rings. The quantitative estimate of drug-likeness (QED) is 0.643. The Morgan fingerprint density at radius 3 is 2.04 bits per heavy atom. The van der Waals surface area contributed by atoms with Crippen LogP contribution < -0.4 is 0 Å². The number of ether oxygens (including phenoxy) is 1. The molecule has 1 aliphatic heterocycles. The number of imide groups is 1. The number of hydrogen-bond acceptors (Lipinski definition) is 4. The number of carbonyl (C=O) groups is 3. The highest BCUT2D eigenvalue weighted by atomic mass is 16.5. The van der Waals surface area contributed by atoms with Crippen LogP contribution in [0.15, 0.2) is 54.6 Å². The Balaban J connectivity index is 1.71. The maximum absolute atomic E-state index is 12.3. The number of fused-ring (bicyclic) bond motifs is 1. The van der Waals surface area contributed by atoms with E-state index in [-0.39, 0.29) is 6.61 Å².